The summed E-state index contributed by atoms with van der Waals surface area (Å²) in [5, 5.41) is 2.08. The summed E-state index contributed by atoms with van der Waals surface area (Å²) in [6.45, 7) is 6.03. The van der Waals surface area contributed by atoms with Gasteiger partial charge in [0.1, 0.15) is 0 Å². The lowest BCUT2D eigenvalue weighted by Gasteiger charge is -2.02. The molecule has 1 heterocycles. The van der Waals surface area contributed by atoms with Crippen LogP contribution in [0.2, 0.25) is 0 Å². The Bertz CT molecular complexity index is 404. The lowest BCUT2D eigenvalue weighted by Crippen LogP contribution is -1.88. The first-order chi connectivity index (χ1) is 7.27. The second-order valence-corrected chi connectivity index (χ2v) is 4.00. The molecule has 2 rings (SSSR count). The molecular weight excluding hydrogens is 202 g/mol. The van der Waals surface area contributed by atoms with E-state index in [0.717, 1.165) is 11.3 Å². The minimum atomic E-state index is 0.861. The zero-order valence-corrected chi connectivity index (χ0v) is 10.3. The maximum atomic E-state index is 5.75. The molecule has 80 valence electrons. The number of aryl methyl sites for hydroxylation is 1. The molecule has 0 atom stereocenters. The third-order valence-corrected chi connectivity index (χ3v) is 2.99. The van der Waals surface area contributed by atoms with E-state index in [-0.39, 0.29) is 0 Å². The minimum Gasteiger partial charge on any atom is -0.399 e. The molecule has 0 fully saturated rings. The van der Waals surface area contributed by atoms with Crippen molar-refractivity contribution in [2.45, 2.75) is 20.8 Å². The molecule has 0 aliphatic carbocycles. The number of hydrogen-bond donors (Lipinski definition) is 1. The van der Waals surface area contributed by atoms with Crippen LogP contribution in [-0.4, -0.2) is 0 Å². The topological polar surface area (TPSA) is 26.0 Å². The van der Waals surface area contributed by atoms with Gasteiger partial charge in [0, 0.05) is 10.6 Å². The summed E-state index contributed by atoms with van der Waals surface area (Å²) in [7, 11) is 0. The summed E-state index contributed by atoms with van der Waals surface area (Å²) in [6, 6.07) is 10.3. The van der Waals surface area contributed by atoms with Crippen molar-refractivity contribution in [3.63, 3.8) is 0 Å². The predicted octanol–water partition coefficient (Wildman–Crippen LogP) is 4.33. The van der Waals surface area contributed by atoms with Gasteiger partial charge in [-0.2, -0.15) is 0 Å². The molecular formula is C13H17NS. The van der Waals surface area contributed by atoms with Crippen LogP contribution in [-0.2, 0) is 0 Å². The van der Waals surface area contributed by atoms with Gasteiger partial charge in [-0.05, 0) is 41.6 Å². The van der Waals surface area contributed by atoms with E-state index in [1.54, 1.807) is 11.3 Å². The predicted molar refractivity (Wildman–Crippen MR) is 70.3 cm³/mol. The first kappa shape index (κ1) is 11.8. The number of hydrogen-bond acceptors (Lipinski definition) is 2. The monoisotopic (exact) mass is 219 g/mol. The molecule has 0 bridgehead atoms. The van der Waals surface area contributed by atoms with Gasteiger partial charge in [-0.1, -0.05) is 26.0 Å². The average Bonchev–Trinajstić information content (AvgIpc) is 2.78. The van der Waals surface area contributed by atoms with Crippen molar-refractivity contribution in [2.24, 2.45) is 0 Å². The van der Waals surface area contributed by atoms with Crippen LogP contribution in [0.25, 0.3) is 10.4 Å². The van der Waals surface area contributed by atoms with Crippen molar-refractivity contribution < 1.29 is 0 Å². The van der Waals surface area contributed by atoms with E-state index in [0.29, 0.717) is 0 Å². The second-order valence-electron chi connectivity index (χ2n) is 3.05. The fraction of sp³-hybridized carbons (Fsp3) is 0.231. The highest BCUT2D eigenvalue weighted by molar-refractivity contribution is 7.13. The Morgan fingerprint density at radius 2 is 1.87 bits per heavy atom. The summed E-state index contributed by atoms with van der Waals surface area (Å²) < 4.78 is 0. The number of anilines is 1. The Morgan fingerprint density at radius 1 is 1.13 bits per heavy atom. The Labute approximate surface area is 95.6 Å². The van der Waals surface area contributed by atoms with Crippen molar-refractivity contribution in [3.05, 3.63) is 41.3 Å². The number of nitrogens with two attached hydrogens (primary N) is 1. The van der Waals surface area contributed by atoms with Gasteiger partial charge in [-0.15, -0.1) is 11.3 Å². The van der Waals surface area contributed by atoms with Gasteiger partial charge in [-0.3, -0.25) is 0 Å². The van der Waals surface area contributed by atoms with Crippen LogP contribution in [0.1, 0.15) is 19.4 Å². The first-order valence-electron chi connectivity index (χ1n) is 5.17. The van der Waals surface area contributed by atoms with Crippen molar-refractivity contribution in [3.8, 4) is 10.4 Å². The van der Waals surface area contributed by atoms with Crippen molar-refractivity contribution in [1.29, 1.82) is 0 Å². The van der Waals surface area contributed by atoms with E-state index >= 15 is 0 Å². The second kappa shape index (κ2) is 5.56. The normalized spacial score (nSPS) is 9.27. The molecule has 0 spiro atoms. The van der Waals surface area contributed by atoms with Gasteiger partial charge >= 0.3 is 0 Å². The van der Waals surface area contributed by atoms with E-state index in [1.807, 2.05) is 26.8 Å². The third-order valence-electron chi connectivity index (χ3n) is 2.08. The van der Waals surface area contributed by atoms with Crippen LogP contribution in [0.4, 0.5) is 5.69 Å². The Morgan fingerprint density at radius 3 is 2.40 bits per heavy atom. The zero-order chi connectivity index (χ0) is 11.3. The van der Waals surface area contributed by atoms with E-state index in [1.165, 1.54) is 10.4 Å². The Balaban J connectivity index is 0.000000531. The summed E-state index contributed by atoms with van der Waals surface area (Å²) in [5.74, 6) is 0. The molecule has 0 aliphatic rings. The molecule has 0 unspecified atom stereocenters. The molecule has 0 aliphatic heterocycles. The van der Waals surface area contributed by atoms with E-state index in [9.17, 15) is 0 Å². The highest BCUT2D eigenvalue weighted by atomic mass is 32.1. The van der Waals surface area contributed by atoms with Crippen LogP contribution in [0, 0.1) is 6.92 Å². The highest BCUT2D eigenvalue weighted by Gasteiger charge is 1.99. The first-order valence-corrected chi connectivity index (χ1v) is 6.05. The quantitative estimate of drug-likeness (QED) is 0.710. The largest absolute Gasteiger partial charge is 0.399 e. The highest BCUT2D eigenvalue weighted by Crippen LogP contribution is 2.26. The van der Waals surface area contributed by atoms with Gasteiger partial charge < -0.3 is 5.73 Å². The zero-order valence-electron chi connectivity index (χ0n) is 9.45. The van der Waals surface area contributed by atoms with Gasteiger partial charge in [0.2, 0.25) is 0 Å². The van der Waals surface area contributed by atoms with Crippen LogP contribution < -0.4 is 5.73 Å². The molecule has 0 radical (unpaired) electrons. The molecule has 0 saturated heterocycles. The van der Waals surface area contributed by atoms with Crippen LogP contribution in [0.15, 0.2) is 35.7 Å². The van der Waals surface area contributed by atoms with Crippen molar-refractivity contribution in [1.82, 2.24) is 0 Å². The van der Waals surface area contributed by atoms with Crippen LogP contribution >= 0.6 is 11.3 Å². The van der Waals surface area contributed by atoms with Crippen molar-refractivity contribution in [2.75, 3.05) is 5.73 Å². The molecule has 2 N–H and O–H groups in total. The summed E-state index contributed by atoms with van der Waals surface area (Å²) in [4.78, 5) is 1.29. The minimum absolute atomic E-state index is 0.861. The van der Waals surface area contributed by atoms with Crippen molar-refractivity contribution >= 4 is 17.0 Å². The van der Waals surface area contributed by atoms with E-state index in [2.05, 4.69) is 29.6 Å². The Kier molecular flexibility index (Phi) is 4.37. The number of nitrogen functional groups attached to an aromatic ring is 1. The van der Waals surface area contributed by atoms with Crippen LogP contribution in [0.3, 0.4) is 0 Å². The lowest BCUT2D eigenvalue weighted by atomic mass is 10.1. The van der Waals surface area contributed by atoms with Gasteiger partial charge in [0.05, 0.1) is 0 Å². The lowest BCUT2D eigenvalue weighted by molar-refractivity contribution is 1.47. The van der Waals surface area contributed by atoms with Crippen LogP contribution in [0.5, 0.6) is 0 Å². The fourth-order valence-corrected chi connectivity index (χ4v) is 2.00. The number of benzene rings is 1. The standard InChI is InChI=1S/C11H11NS.C2H6/c1-8-7-9(4-5-10(8)12)11-3-2-6-13-11;1-2/h2-7H,12H2,1H3;1-2H3. The summed E-state index contributed by atoms with van der Waals surface area (Å²) in [6.07, 6.45) is 0. The molecule has 2 heteroatoms. The fourth-order valence-electron chi connectivity index (χ4n) is 1.27. The Hall–Kier alpha value is -1.28. The summed E-state index contributed by atoms with van der Waals surface area (Å²) >= 11 is 1.75. The molecule has 1 nitrogen and oxygen atoms in total. The van der Waals surface area contributed by atoms with E-state index in [4.69, 9.17) is 5.73 Å². The number of thiophene rings is 1. The molecule has 1 aromatic heterocycles. The SMILES string of the molecule is CC.Cc1cc(-c2cccs2)ccc1N. The molecule has 1 aromatic carbocycles. The van der Waals surface area contributed by atoms with E-state index < -0.39 is 0 Å². The maximum Gasteiger partial charge on any atom is 0.0344 e. The molecule has 0 amide bonds. The smallest absolute Gasteiger partial charge is 0.0344 e. The van der Waals surface area contributed by atoms with Gasteiger partial charge in [-0.25, -0.2) is 0 Å². The maximum absolute atomic E-state index is 5.75. The molecule has 15 heavy (non-hydrogen) atoms. The summed E-state index contributed by atoms with van der Waals surface area (Å²) in [5.41, 5.74) is 9.00. The number of rotatable bonds is 1. The molecule has 0 saturated carbocycles. The average molecular weight is 219 g/mol. The molecule has 2 aromatic rings. The third kappa shape index (κ3) is 2.83. The van der Waals surface area contributed by atoms with Gasteiger partial charge in [0.25, 0.3) is 0 Å². The van der Waals surface area contributed by atoms with Gasteiger partial charge in [0.15, 0.2) is 0 Å².